The maximum Gasteiger partial charge on any atom is 0.239 e. The molecule has 2 aliphatic heterocycles. The molecule has 4 nitrogen and oxygen atoms in total. The van der Waals surface area contributed by atoms with E-state index in [9.17, 15) is 4.79 Å². The Morgan fingerprint density at radius 2 is 2.00 bits per heavy atom. The second-order valence-electron chi connectivity index (χ2n) is 6.30. The fourth-order valence-corrected chi connectivity index (χ4v) is 3.60. The summed E-state index contributed by atoms with van der Waals surface area (Å²) in [5, 5.41) is 1.97. The van der Waals surface area contributed by atoms with E-state index < -0.39 is 0 Å². The Morgan fingerprint density at radius 1 is 1.20 bits per heavy atom. The molecule has 1 saturated carbocycles. The van der Waals surface area contributed by atoms with Crippen LogP contribution in [-0.4, -0.2) is 41.5 Å². The fourth-order valence-electron chi connectivity index (χ4n) is 3.60. The summed E-state index contributed by atoms with van der Waals surface area (Å²) in [5.74, 6) is 0.213. The van der Waals surface area contributed by atoms with Crippen LogP contribution in [0.1, 0.15) is 24.8 Å². The van der Waals surface area contributed by atoms with Gasteiger partial charge in [0, 0.05) is 13.1 Å². The normalized spacial score (nSPS) is 27.9. The number of fused-ring (bicyclic) bond motifs is 3. The molecule has 3 aliphatic rings. The number of nitrogens with zero attached hydrogens (tertiary/aromatic N) is 2. The van der Waals surface area contributed by atoms with Gasteiger partial charge in [0.05, 0.1) is 12.6 Å². The second-order valence-corrected chi connectivity index (χ2v) is 6.30. The number of carbonyl (C=O) groups is 1. The van der Waals surface area contributed by atoms with Crippen molar-refractivity contribution in [3.8, 4) is 0 Å². The standard InChI is InChI=1S/C16H20N2O2/c19-15-11-18(20-12-13-4-2-1-3-5-13)14-10-17(15)9-8-16(14)6-7-16/h1-5,14H,6-12H2/t14-/m0/s1. The Hall–Kier alpha value is -1.39. The lowest BCUT2D eigenvalue weighted by molar-refractivity contribution is -0.236. The molecular formula is C16H20N2O2. The first kappa shape index (κ1) is 12.4. The number of piperidine rings is 1. The highest BCUT2D eigenvalue weighted by Crippen LogP contribution is 2.56. The number of rotatable bonds is 3. The summed E-state index contributed by atoms with van der Waals surface area (Å²) in [7, 11) is 0. The quantitative estimate of drug-likeness (QED) is 0.841. The van der Waals surface area contributed by atoms with Gasteiger partial charge in [-0.1, -0.05) is 30.3 Å². The fraction of sp³-hybridized carbons (Fsp3) is 0.562. The Balaban J connectivity index is 1.47. The van der Waals surface area contributed by atoms with Crippen LogP contribution in [0.15, 0.2) is 30.3 Å². The smallest absolute Gasteiger partial charge is 0.239 e. The largest absolute Gasteiger partial charge is 0.340 e. The highest BCUT2D eigenvalue weighted by Gasteiger charge is 2.57. The summed E-state index contributed by atoms with van der Waals surface area (Å²) in [6.07, 6.45) is 3.74. The zero-order valence-electron chi connectivity index (χ0n) is 11.6. The highest BCUT2D eigenvalue weighted by atomic mass is 16.7. The number of hydrogen-bond donors (Lipinski definition) is 0. The molecule has 0 N–H and O–H groups in total. The zero-order valence-corrected chi connectivity index (χ0v) is 11.6. The molecule has 2 heterocycles. The molecule has 2 saturated heterocycles. The third kappa shape index (κ3) is 2.03. The van der Waals surface area contributed by atoms with Crippen molar-refractivity contribution >= 4 is 5.91 Å². The molecule has 20 heavy (non-hydrogen) atoms. The Kier molecular flexibility index (Phi) is 2.82. The lowest BCUT2D eigenvalue weighted by atomic mass is 9.86. The lowest BCUT2D eigenvalue weighted by Gasteiger charge is -2.48. The van der Waals surface area contributed by atoms with Gasteiger partial charge in [-0.05, 0) is 30.2 Å². The van der Waals surface area contributed by atoms with Crippen LogP contribution in [0.2, 0.25) is 0 Å². The predicted octanol–water partition coefficient (Wildman–Crippen LogP) is 1.81. The Labute approximate surface area is 119 Å². The van der Waals surface area contributed by atoms with E-state index in [1.165, 1.54) is 12.8 Å². The number of amides is 1. The lowest BCUT2D eigenvalue weighted by Crippen LogP contribution is -2.62. The van der Waals surface area contributed by atoms with Gasteiger partial charge in [-0.25, -0.2) is 0 Å². The van der Waals surface area contributed by atoms with Crippen LogP contribution < -0.4 is 0 Å². The van der Waals surface area contributed by atoms with Crippen molar-refractivity contribution in [2.75, 3.05) is 19.6 Å². The van der Waals surface area contributed by atoms with Gasteiger partial charge in [0.1, 0.15) is 6.54 Å². The number of benzene rings is 1. The van der Waals surface area contributed by atoms with Crippen molar-refractivity contribution in [2.24, 2.45) is 5.41 Å². The number of carbonyl (C=O) groups excluding carboxylic acids is 1. The van der Waals surface area contributed by atoms with Gasteiger partial charge in [-0.3, -0.25) is 9.63 Å². The molecule has 0 aromatic heterocycles. The molecule has 106 valence electrons. The molecule has 2 bridgehead atoms. The van der Waals surface area contributed by atoms with Crippen molar-refractivity contribution in [2.45, 2.75) is 31.9 Å². The molecule has 1 aromatic carbocycles. The third-order valence-electron chi connectivity index (χ3n) is 5.10. The third-order valence-corrected chi connectivity index (χ3v) is 5.10. The van der Waals surface area contributed by atoms with Crippen molar-refractivity contribution in [3.05, 3.63) is 35.9 Å². The van der Waals surface area contributed by atoms with Gasteiger partial charge < -0.3 is 4.90 Å². The van der Waals surface area contributed by atoms with Crippen molar-refractivity contribution in [3.63, 3.8) is 0 Å². The first-order valence-electron chi connectivity index (χ1n) is 7.48. The predicted molar refractivity (Wildman–Crippen MR) is 74.6 cm³/mol. The second kappa shape index (κ2) is 4.57. The zero-order chi connectivity index (χ0) is 13.6. The van der Waals surface area contributed by atoms with Crippen LogP contribution in [0.25, 0.3) is 0 Å². The maximum absolute atomic E-state index is 12.1. The topological polar surface area (TPSA) is 32.8 Å². The van der Waals surface area contributed by atoms with Crippen LogP contribution in [0.5, 0.6) is 0 Å². The van der Waals surface area contributed by atoms with Gasteiger partial charge in [0.15, 0.2) is 0 Å². The van der Waals surface area contributed by atoms with E-state index in [-0.39, 0.29) is 5.91 Å². The molecule has 4 rings (SSSR count). The minimum absolute atomic E-state index is 0.213. The van der Waals surface area contributed by atoms with Crippen molar-refractivity contribution in [1.29, 1.82) is 0 Å². The van der Waals surface area contributed by atoms with E-state index >= 15 is 0 Å². The van der Waals surface area contributed by atoms with Gasteiger partial charge in [-0.15, -0.1) is 0 Å². The Bertz CT molecular complexity index is 512. The number of hydroxylamine groups is 2. The summed E-state index contributed by atoms with van der Waals surface area (Å²) < 4.78 is 0. The summed E-state index contributed by atoms with van der Waals surface area (Å²) in [6.45, 7) is 2.77. The number of piperazine rings is 1. The van der Waals surface area contributed by atoms with E-state index in [1.54, 1.807) is 0 Å². The van der Waals surface area contributed by atoms with Crippen molar-refractivity contribution in [1.82, 2.24) is 9.96 Å². The highest BCUT2D eigenvalue weighted by molar-refractivity contribution is 5.79. The van der Waals surface area contributed by atoms with Crippen LogP contribution in [0, 0.1) is 5.41 Å². The molecule has 1 atom stereocenters. The summed E-state index contributed by atoms with van der Waals surface area (Å²) >= 11 is 0. The van der Waals surface area contributed by atoms with Crippen LogP contribution >= 0.6 is 0 Å². The van der Waals surface area contributed by atoms with E-state index in [4.69, 9.17) is 4.84 Å². The van der Waals surface area contributed by atoms with E-state index in [1.807, 2.05) is 28.2 Å². The first-order valence-corrected chi connectivity index (χ1v) is 7.48. The van der Waals surface area contributed by atoms with Gasteiger partial charge in [-0.2, -0.15) is 5.06 Å². The maximum atomic E-state index is 12.1. The molecular weight excluding hydrogens is 252 g/mol. The van der Waals surface area contributed by atoms with E-state index in [2.05, 4.69) is 12.1 Å². The van der Waals surface area contributed by atoms with E-state index in [0.29, 0.717) is 24.6 Å². The van der Waals surface area contributed by atoms with Crippen molar-refractivity contribution < 1.29 is 9.63 Å². The summed E-state index contributed by atoms with van der Waals surface area (Å²) in [4.78, 5) is 20.1. The minimum Gasteiger partial charge on any atom is -0.340 e. The molecule has 4 heteroatoms. The molecule has 1 amide bonds. The van der Waals surface area contributed by atoms with Gasteiger partial charge in [0.25, 0.3) is 0 Å². The average molecular weight is 272 g/mol. The molecule has 0 unspecified atom stereocenters. The number of hydrogen-bond acceptors (Lipinski definition) is 3. The first-order chi connectivity index (χ1) is 9.77. The molecule has 0 radical (unpaired) electrons. The summed E-state index contributed by atoms with van der Waals surface area (Å²) in [5.41, 5.74) is 1.59. The average Bonchev–Trinajstić information content (AvgIpc) is 3.25. The minimum atomic E-state index is 0.213. The summed E-state index contributed by atoms with van der Waals surface area (Å²) in [6, 6.07) is 10.6. The van der Waals surface area contributed by atoms with Crippen LogP contribution in [0.3, 0.4) is 0 Å². The van der Waals surface area contributed by atoms with Gasteiger partial charge >= 0.3 is 0 Å². The van der Waals surface area contributed by atoms with E-state index in [0.717, 1.165) is 25.1 Å². The van der Waals surface area contributed by atoms with Gasteiger partial charge in [0.2, 0.25) is 5.91 Å². The molecule has 1 aliphatic carbocycles. The SMILES string of the molecule is O=C1CN(OCc2ccccc2)[C@H]2CN1CCC21CC1. The molecule has 1 aromatic rings. The van der Waals surface area contributed by atoms with Crippen LogP contribution in [-0.2, 0) is 16.2 Å². The molecule has 3 fully saturated rings. The molecule has 1 spiro atoms. The Morgan fingerprint density at radius 3 is 2.75 bits per heavy atom. The monoisotopic (exact) mass is 272 g/mol. The van der Waals surface area contributed by atoms with Crippen LogP contribution in [0.4, 0.5) is 0 Å².